The summed E-state index contributed by atoms with van der Waals surface area (Å²) in [5, 5.41) is 99.8. The predicted molar refractivity (Wildman–Crippen MR) is 99.8 cm³/mol. The van der Waals surface area contributed by atoms with Crippen LogP contribution in [0.25, 0.3) is 0 Å². The van der Waals surface area contributed by atoms with Gasteiger partial charge in [-0.15, -0.1) is 0 Å². The van der Waals surface area contributed by atoms with Crippen LogP contribution in [0.1, 0.15) is 6.92 Å². The third-order valence-electron chi connectivity index (χ3n) is 6.05. The Morgan fingerprint density at radius 3 is 1.64 bits per heavy atom. The highest BCUT2D eigenvalue weighted by Crippen LogP contribution is 2.32. The molecule has 0 aromatic rings. The fraction of sp³-hybridized carbons (Fsp3) is 1.00. The molecule has 15 atom stereocenters. The van der Waals surface area contributed by atoms with Crippen LogP contribution in [0.15, 0.2) is 0 Å². The molecule has 0 aromatic carbocycles. The minimum absolute atomic E-state index is 0.739. The number of hydrogen-bond acceptors (Lipinski definition) is 15. The molecule has 3 saturated heterocycles. The van der Waals surface area contributed by atoms with Crippen LogP contribution >= 0.6 is 0 Å². The van der Waals surface area contributed by atoms with E-state index in [2.05, 4.69) is 0 Å². The number of aliphatic hydroxyl groups excluding tert-OH is 10. The summed E-state index contributed by atoms with van der Waals surface area (Å²) in [5.41, 5.74) is 0. The molecule has 3 aliphatic heterocycles. The Balaban J connectivity index is 1.83. The lowest BCUT2D eigenvalue weighted by molar-refractivity contribution is -0.382. The van der Waals surface area contributed by atoms with Gasteiger partial charge in [0, 0.05) is 0 Å². The fourth-order valence-electron chi connectivity index (χ4n) is 3.99. The molecule has 15 heteroatoms. The smallest absolute Gasteiger partial charge is 0.187 e. The zero-order valence-electron chi connectivity index (χ0n) is 17.6. The summed E-state index contributed by atoms with van der Waals surface area (Å²) in [7, 11) is 0. The Kier molecular flexibility index (Phi) is 8.99. The molecule has 3 rings (SSSR count). The SMILES string of the molecule is C[C@@H]1O[C@@H](O[C@H]2[C@H](O[C@@H]3O[C@H](CO)[C@H](O)[C@H](O)[C@H]3O)[C@@H](CO)OC(O)[C@@H]2O)[C@@H](O)[C@H](O)[C@@H]1O. The van der Waals surface area contributed by atoms with E-state index in [0.717, 1.165) is 0 Å². The van der Waals surface area contributed by atoms with Gasteiger partial charge in [0.2, 0.25) is 0 Å². The lowest BCUT2D eigenvalue weighted by atomic mass is 9.96. The first-order valence-electron chi connectivity index (χ1n) is 10.4. The van der Waals surface area contributed by atoms with E-state index < -0.39 is 105 Å². The zero-order chi connectivity index (χ0) is 24.6. The number of aliphatic hydroxyl groups is 10. The summed E-state index contributed by atoms with van der Waals surface area (Å²) in [4.78, 5) is 0. The maximum atomic E-state index is 10.5. The highest BCUT2D eigenvalue weighted by Gasteiger charge is 2.53. The fourth-order valence-corrected chi connectivity index (χ4v) is 3.99. The van der Waals surface area contributed by atoms with Gasteiger partial charge in [-0.1, -0.05) is 0 Å². The van der Waals surface area contributed by atoms with Crippen molar-refractivity contribution < 1.29 is 74.7 Å². The maximum Gasteiger partial charge on any atom is 0.187 e. The molecule has 33 heavy (non-hydrogen) atoms. The summed E-state index contributed by atoms with van der Waals surface area (Å²) in [6, 6.07) is 0. The number of rotatable bonds is 6. The first-order valence-corrected chi connectivity index (χ1v) is 10.4. The second kappa shape index (κ2) is 11.0. The largest absolute Gasteiger partial charge is 0.394 e. The lowest BCUT2D eigenvalue weighted by Crippen LogP contribution is -2.66. The molecule has 10 N–H and O–H groups in total. The third kappa shape index (κ3) is 5.32. The summed E-state index contributed by atoms with van der Waals surface area (Å²) in [5.74, 6) is 0. The van der Waals surface area contributed by atoms with E-state index in [4.69, 9.17) is 23.7 Å². The van der Waals surface area contributed by atoms with Crippen LogP contribution < -0.4 is 0 Å². The van der Waals surface area contributed by atoms with Gasteiger partial charge in [0.1, 0.15) is 67.1 Å². The van der Waals surface area contributed by atoms with Crippen molar-refractivity contribution in [3.8, 4) is 0 Å². The number of hydrogen-bond donors (Lipinski definition) is 10. The summed E-state index contributed by atoms with van der Waals surface area (Å²) < 4.78 is 26.9. The van der Waals surface area contributed by atoms with Crippen molar-refractivity contribution in [2.24, 2.45) is 0 Å². The van der Waals surface area contributed by atoms with Crippen LogP contribution in [0.5, 0.6) is 0 Å². The third-order valence-corrected chi connectivity index (χ3v) is 6.05. The van der Waals surface area contributed by atoms with Crippen LogP contribution in [0.3, 0.4) is 0 Å². The lowest BCUT2D eigenvalue weighted by Gasteiger charge is -2.48. The molecule has 3 heterocycles. The average Bonchev–Trinajstić information content (AvgIpc) is 2.80. The standard InChI is InChI=1S/C18H32O15/c1-4-7(21)9(23)11(25)17(29-4)33-15-13(27)16(28)30-6(3-20)14(15)32-18-12(26)10(24)8(22)5(2-19)31-18/h4-28H,2-3H2,1H3/t4-,5+,6+,7+,8-,9+,10-,11-,12+,13+,14+,15+,16?,17-,18-/m0/s1. The second-order valence-corrected chi connectivity index (χ2v) is 8.32. The molecule has 3 aliphatic rings. The average molecular weight is 488 g/mol. The van der Waals surface area contributed by atoms with Crippen LogP contribution in [0, 0.1) is 0 Å². The molecule has 3 fully saturated rings. The summed E-state index contributed by atoms with van der Waals surface area (Å²) in [6.07, 6.45) is -24.0. The first kappa shape index (κ1) is 27.0. The van der Waals surface area contributed by atoms with E-state index in [1.807, 2.05) is 0 Å². The molecule has 0 aliphatic carbocycles. The topological polar surface area (TPSA) is 248 Å². The van der Waals surface area contributed by atoms with E-state index in [1.54, 1.807) is 0 Å². The summed E-state index contributed by atoms with van der Waals surface area (Å²) in [6.45, 7) is -0.127. The predicted octanol–water partition coefficient (Wildman–Crippen LogP) is -6.55. The van der Waals surface area contributed by atoms with Gasteiger partial charge in [0.25, 0.3) is 0 Å². The van der Waals surface area contributed by atoms with Gasteiger partial charge in [-0.05, 0) is 6.92 Å². The summed E-state index contributed by atoms with van der Waals surface area (Å²) >= 11 is 0. The molecular weight excluding hydrogens is 456 g/mol. The first-order chi connectivity index (χ1) is 15.5. The van der Waals surface area contributed by atoms with E-state index in [-0.39, 0.29) is 0 Å². The molecular formula is C18H32O15. The molecule has 0 spiro atoms. The van der Waals surface area contributed by atoms with Gasteiger partial charge >= 0.3 is 0 Å². The van der Waals surface area contributed by atoms with E-state index >= 15 is 0 Å². The van der Waals surface area contributed by atoms with Gasteiger partial charge < -0.3 is 74.7 Å². The second-order valence-electron chi connectivity index (χ2n) is 8.32. The molecule has 0 radical (unpaired) electrons. The van der Waals surface area contributed by atoms with Gasteiger partial charge in [-0.25, -0.2) is 0 Å². The van der Waals surface area contributed by atoms with E-state index in [0.29, 0.717) is 0 Å². The van der Waals surface area contributed by atoms with Crippen LogP contribution in [0.2, 0.25) is 0 Å². The van der Waals surface area contributed by atoms with Crippen molar-refractivity contribution in [3.05, 3.63) is 0 Å². The van der Waals surface area contributed by atoms with E-state index in [9.17, 15) is 51.1 Å². The Morgan fingerprint density at radius 2 is 1.06 bits per heavy atom. The Morgan fingerprint density at radius 1 is 0.545 bits per heavy atom. The molecule has 15 nitrogen and oxygen atoms in total. The van der Waals surface area contributed by atoms with Gasteiger partial charge in [0.05, 0.1) is 19.3 Å². The van der Waals surface area contributed by atoms with Crippen LogP contribution in [-0.4, -0.2) is 156 Å². The maximum absolute atomic E-state index is 10.5. The van der Waals surface area contributed by atoms with Gasteiger partial charge in [-0.2, -0.15) is 0 Å². The quantitative estimate of drug-likeness (QED) is 0.167. The van der Waals surface area contributed by atoms with Crippen molar-refractivity contribution >= 4 is 0 Å². The minimum atomic E-state index is -1.88. The van der Waals surface area contributed by atoms with E-state index in [1.165, 1.54) is 6.92 Å². The Labute approximate surface area is 187 Å². The normalized spacial score (nSPS) is 53.7. The Bertz CT molecular complexity index is 624. The van der Waals surface area contributed by atoms with Gasteiger partial charge in [0.15, 0.2) is 18.9 Å². The van der Waals surface area contributed by atoms with Crippen molar-refractivity contribution in [2.75, 3.05) is 13.2 Å². The zero-order valence-corrected chi connectivity index (χ0v) is 17.6. The monoisotopic (exact) mass is 488 g/mol. The van der Waals surface area contributed by atoms with Crippen molar-refractivity contribution in [2.45, 2.75) is 99.0 Å². The molecule has 0 amide bonds. The van der Waals surface area contributed by atoms with Gasteiger partial charge in [-0.3, -0.25) is 0 Å². The van der Waals surface area contributed by atoms with Crippen LogP contribution in [-0.2, 0) is 23.7 Å². The Hall–Kier alpha value is -0.600. The molecule has 1 unspecified atom stereocenters. The molecule has 0 aromatic heterocycles. The molecule has 0 saturated carbocycles. The molecule has 0 bridgehead atoms. The molecule has 194 valence electrons. The number of ether oxygens (including phenoxy) is 5. The van der Waals surface area contributed by atoms with Crippen LogP contribution in [0.4, 0.5) is 0 Å². The minimum Gasteiger partial charge on any atom is -0.394 e. The van der Waals surface area contributed by atoms with Crippen molar-refractivity contribution in [1.29, 1.82) is 0 Å². The van der Waals surface area contributed by atoms with Crippen molar-refractivity contribution in [1.82, 2.24) is 0 Å². The highest BCUT2D eigenvalue weighted by atomic mass is 16.8. The highest BCUT2D eigenvalue weighted by molar-refractivity contribution is 4.96. The van der Waals surface area contributed by atoms with Crippen molar-refractivity contribution in [3.63, 3.8) is 0 Å².